The van der Waals surface area contributed by atoms with Gasteiger partial charge in [-0.05, 0) is 63.7 Å². The molecule has 1 aromatic carbocycles. The van der Waals surface area contributed by atoms with Crippen LogP contribution in [0.3, 0.4) is 0 Å². The van der Waals surface area contributed by atoms with Gasteiger partial charge < -0.3 is 10.4 Å². The maximum atomic E-state index is 9.91. The van der Waals surface area contributed by atoms with Gasteiger partial charge in [-0.3, -0.25) is 4.99 Å². The van der Waals surface area contributed by atoms with Gasteiger partial charge in [0.05, 0.1) is 12.1 Å². The first-order valence-corrected chi connectivity index (χ1v) is 12.1. The van der Waals surface area contributed by atoms with Gasteiger partial charge in [0.15, 0.2) is 5.82 Å². The number of aliphatic hydroxyl groups excluding tert-OH is 1. The number of rotatable bonds is 7. The molecule has 5 heteroatoms. The molecule has 0 radical (unpaired) electrons. The summed E-state index contributed by atoms with van der Waals surface area (Å²) in [5.74, 6) is 1.51. The molecule has 2 aromatic rings. The molecule has 2 heterocycles. The molecule has 1 atom stereocenters. The number of aliphatic hydroxyl groups is 1. The monoisotopic (exact) mass is 454 g/mol. The van der Waals surface area contributed by atoms with Gasteiger partial charge in [0, 0.05) is 35.2 Å². The average molecular weight is 455 g/mol. The normalized spacial score (nSPS) is 22.3. The Kier molecular flexibility index (Phi) is 7.53. The molecule has 1 unspecified atom stereocenters. The third kappa shape index (κ3) is 5.78. The molecule has 1 fully saturated rings. The van der Waals surface area contributed by atoms with Crippen LogP contribution in [0, 0.1) is 0 Å². The highest BCUT2D eigenvalue weighted by Gasteiger charge is 2.22. The van der Waals surface area contributed by atoms with Crippen molar-refractivity contribution in [3.8, 4) is 11.4 Å². The van der Waals surface area contributed by atoms with E-state index < -0.39 is 0 Å². The van der Waals surface area contributed by atoms with Crippen LogP contribution in [-0.2, 0) is 0 Å². The van der Waals surface area contributed by atoms with E-state index in [1.807, 2.05) is 30.6 Å². The predicted molar refractivity (Wildman–Crippen MR) is 143 cm³/mol. The van der Waals surface area contributed by atoms with Crippen LogP contribution < -0.4 is 5.32 Å². The van der Waals surface area contributed by atoms with E-state index in [9.17, 15) is 5.11 Å². The average Bonchev–Trinajstić information content (AvgIpc) is 3.27. The number of nitrogens with zero attached hydrogens (tertiary/aromatic N) is 3. The lowest BCUT2D eigenvalue weighted by atomic mass is 9.93. The highest BCUT2D eigenvalue weighted by Crippen LogP contribution is 2.30. The molecular weight excluding hydrogens is 420 g/mol. The Morgan fingerprint density at radius 2 is 1.94 bits per heavy atom. The first-order valence-electron chi connectivity index (χ1n) is 12.1. The lowest BCUT2D eigenvalue weighted by Crippen LogP contribution is -2.29. The number of aliphatic imine (C=N–C) groups is 1. The maximum Gasteiger partial charge on any atom is 0.161 e. The quantitative estimate of drug-likeness (QED) is 0.485. The van der Waals surface area contributed by atoms with E-state index in [-0.39, 0.29) is 18.2 Å². The minimum atomic E-state index is -0.190. The second kappa shape index (κ2) is 10.7. The van der Waals surface area contributed by atoms with Gasteiger partial charge in [0.1, 0.15) is 5.82 Å². The van der Waals surface area contributed by atoms with Crippen LogP contribution in [0.2, 0.25) is 0 Å². The molecule has 1 aliphatic carbocycles. The van der Waals surface area contributed by atoms with Gasteiger partial charge in [-0.1, -0.05) is 54.7 Å². The zero-order valence-corrected chi connectivity index (χ0v) is 20.3. The van der Waals surface area contributed by atoms with Crippen molar-refractivity contribution in [3.63, 3.8) is 0 Å². The Bertz CT molecular complexity index is 1160. The van der Waals surface area contributed by atoms with Crippen LogP contribution in [0.4, 0.5) is 5.82 Å². The van der Waals surface area contributed by atoms with Crippen LogP contribution in [-0.4, -0.2) is 39.5 Å². The van der Waals surface area contributed by atoms with E-state index in [0.717, 1.165) is 59.3 Å². The lowest BCUT2D eigenvalue weighted by molar-refractivity contribution is 0.126. The van der Waals surface area contributed by atoms with Crippen molar-refractivity contribution >= 4 is 23.2 Å². The van der Waals surface area contributed by atoms with E-state index in [0.29, 0.717) is 5.82 Å². The maximum absolute atomic E-state index is 9.91. The third-order valence-corrected chi connectivity index (χ3v) is 6.28. The summed E-state index contributed by atoms with van der Waals surface area (Å²) in [6.45, 7) is 10.2. The van der Waals surface area contributed by atoms with Gasteiger partial charge in [-0.2, -0.15) is 0 Å². The first-order chi connectivity index (χ1) is 16.4. The number of nitrogens with one attached hydrogen (secondary N) is 1. The van der Waals surface area contributed by atoms with Crippen molar-refractivity contribution in [1.82, 2.24) is 9.97 Å². The largest absolute Gasteiger partial charge is 0.393 e. The molecule has 0 saturated heterocycles. The Hall–Kier alpha value is -3.31. The van der Waals surface area contributed by atoms with E-state index in [2.05, 4.69) is 68.0 Å². The molecule has 2 N–H and O–H groups in total. The number of hydrogen-bond donors (Lipinski definition) is 2. The Morgan fingerprint density at radius 3 is 2.62 bits per heavy atom. The molecule has 176 valence electrons. The van der Waals surface area contributed by atoms with Crippen LogP contribution in [0.25, 0.3) is 22.5 Å². The molecule has 4 rings (SSSR count). The van der Waals surface area contributed by atoms with Gasteiger partial charge in [0.2, 0.25) is 0 Å². The summed E-state index contributed by atoms with van der Waals surface area (Å²) < 4.78 is 0. The molecule has 0 spiro atoms. The van der Waals surface area contributed by atoms with Crippen molar-refractivity contribution in [2.45, 2.75) is 64.6 Å². The molecule has 0 amide bonds. The SMILES string of the molecule is C=C/C(=C\C=C(C)C)c1cccc(-c2ncc(C3=CC(C)N=C3)c(NC3CCC(O)CC3)n2)c1. The van der Waals surface area contributed by atoms with E-state index >= 15 is 0 Å². The van der Waals surface area contributed by atoms with Gasteiger partial charge in [-0.15, -0.1) is 0 Å². The molecule has 5 nitrogen and oxygen atoms in total. The second-order valence-corrected chi connectivity index (χ2v) is 9.40. The predicted octanol–water partition coefficient (Wildman–Crippen LogP) is 6.25. The number of anilines is 1. The highest BCUT2D eigenvalue weighted by atomic mass is 16.3. The van der Waals surface area contributed by atoms with Crippen molar-refractivity contribution in [2.24, 2.45) is 4.99 Å². The summed E-state index contributed by atoms with van der Waals surface area (Å²) in [5.41, 5.74) is 6.34. The zero-order valence-electron chi connectivity index (χ0n) is 20.3. The summed E-state index contributed by atoms with van der Waals surface area (Å²) >= 11 is 0. The number of aromatic nitrogens is 2. The van der Waals surface area contributed by atoms with Crippen molar-refractivity contribution < 1.29 is 5.11 Å². The fourth-order valence-corrected chi connectivity index (χ4v) is 4.34. The Morgan fingerprint density at radius 1 is 1.15 bits per heavy atom. The Balaban J connectivity index is 1.70. The minimum Gasteiger partial charge on any atom is -0.393 e. The van der Waals surface area contributed by atoms with Crippen LogP contribution in [0.15, 0.2) is 71.9 Å². The first kappa shape index (κ1) is 23.8. The van der Waals surface area contributed by atoms with Crippen molar-refractivity contribution in [3.05, 3.63) is 78.0 Å². The molecule has 0 bridgehead atoms. The summed E-state index contributed by atoms with van der Waals surface area (Å²) in [7, 11) is 0. The van der Waals surface area contributed by atoms with E-state index in [1.54, 1.807) is 0 Å². The van der Waals surface area contributed by atoms with Gasteiger partial charge >= 0.3 is 0 Å². The van der Waals surface area contributed by atoms with Crippen LogP contribution in [0.1, 0.15) is 57.6 Å². The zero-order chi connectivity index (χ0) is 24.1. The highest BCUT2D eigenvalue weighted by molar-refractivity contribution is 6.13. The van der Waals surface area contributed by atoms with Crippen LogP contribution >= 0.6 is 0 Å². The fraction of sp³-hybridized carbons (Fsp3) is 0.345. The smallest absolute Gasteiger partial charge is 0.161 e. The van der Waals surface area contributed by atoms with Gasteiger partial charge in [-0.25, -0.2) is 9.97 Å². The number of hydrogen-bond acceptors (Lipinski definition) is 5. The molecule has 1 aromatic heterocycles. The summed E-state index contributed by atoms with van der Waals surface area (Å²) in [5, 5.41) is 13.6. The number of allylic oxidation sites excluding steroid dienone is 6. The fourth-order valence-electron chi connectivity index (χ4n) is 4.34. The minimum absolute atomic E-state index is 0.161. The van der Waals surface area contributed by atoms with Gasteiger partial charge in [0.25, 0.3) is 0 Å². The van der Waals surface area contributed by atoms with E-state index in [4.69, 9.17) is 9.97 Å². The topological polar surface area (TPSA) is 70.4 Å². The second-order valence-electron chi connectivity index (χ2n) is 9.40. The lowest BCUT2D eigenvalue weighted by Gasteiger charge is -2.27. The molecule has 1 saturated carbocycles. The summed E-state index contributed by atoms with van der Waals surface area (Å²) in [4.78, 5) is 14.2. The van der Waals surface area contributed by atoms with Crippen molar-refractivity contribution in [2.75, 3.05) is 5.32 Å². The third-order valence-electron chi connectivity index (χ3n) is 6.28. The summed E-state index contributed by atoms with van der Waals surface area (Å²) in [6, 6.07) is 8.71. The summed E-state index contributed by atoms with van der Waals surface area (Å²) in [6.07, 6.45) is 15.3. The standard InChI is InChI=1S/C29H34N4O/c1-5-21(10-9-19(2)3)22-7-6-8-23(16-22)28-31-18-27(24-15-20(4)30-17-24)29(33-28)32-25-11-13-26(34)14-12-25/h5-10,15-18,20,25-26,34H,1,11-14H2,2-4H3,(H,31,32,33)/b21-10+. The van der Waals surface area contributed by atoms with E-state index in [1.165, 1.54) is 5.57 Å². The molecular formula is C29H34N4O. The molecule has 1 aliphatic heterocycles. The van der Waals surface area contributed by atoms with Crippen molar-refractivity contribution in [1.29, 1.82) is 0 Å². The number of benzene rings is 1. The van der Waals surface area contributed by atoms with Crippen LogP contribution in [0.5, 0.6) is 0 Å². The molecule has 2 aliphatic rings. The Labute approximate surface area is 202 Å². The molecule has 34 heavy (non-hydrogen) atoms.